The zero-order chi connectivity index (χ0) is 9.68. The van der Waals surface area contributed by atoms with E-state index in [1.807, 2.05) is 12.1 Å². The molecule has 70 valence electrons. The molecule has 0 heterocycles. The van der Waals surface area contributed by atoms with Gasteiger partial charge in [0, 0.05) is 0 Å². The largest absolute Gasteiger partial charge is 0.508 e. The Morgan fingerprint density at radius 1 is 1.31 bits per heavy atom. The molecule has 0 aromatic heterocycles. The van der Waals surface area contributed by atoms with Crippen molar-refractivity contribution in [1.82, 2.24) is 0 Å². The average Bonchev–Trinajstić information content (AvgIpc) is 2.16. The van der Waals surface area contributed by atoms with Crippen LogP contribution in [0.25, 0.3) is 5.57 Å². The Morgan fingerprint density at radius 3 is 2.38 bits per heavy atom. The topological polar surface area (TPSA) is 20.2 Å². The van der Waals surface area contributed by atoms with Crippen LogP contribution in [0.15, 0.2) is 30.3 Å². The van der Waals surface area contributed by atoms with Gasteiger partial charge in [0.15, 0.2) is 0 Å². The van der Waals surface area contributed by atoms with Crippen molar-refractivity contribution in [1.29, 1.82) is 0 Å². The van der Waals surface area contributed by atoms with Gasteiger partial charge < -0.3 is 5.11 Å². The molecule has 13 heavy (non-hydrogen) atoms. The minimum absolute atomic E-state index is 0.329. The van der Waals surface area contributed by atoms with Gasteiger partial charge in [0.1, 0.15) is 5.75 Å². The fourth-order valence-corrected chi connectivity index (χ4v) is 1.40. The van der Waals surface area contributed by atoms with Crippen molar-refractivity contribution < 1.29 is 5.11 Å². The molecule has 1 nitrogen and oxygen atoms in total. The van der Waals surface area contributed by atoms with Gasteiger partial charge in [0.05, 0.1) is 0 Å². The van der Waals surface area contributed by atoms with Gasteiger partial charge in [0.2, 0.25) is 0 Å². The van der Waals surface area contributed by atoms with Gasteiger partial charge in [0.25, 0.3) is 0 Å². The molecule has 1 heteroatoms. The van der Waals surface area contributed by atoms with Gasteiger partial charge in [-0.2, -0.15) is 0 Å². The summed E-state index contributed by atoms with van der Waals surface area (Å²) in [7, 11) is 0. The van der Waals surface area contributed by atoms with Gasteiger partial charge in [-0.1, -0.05) is 31.6 Å². The van der Waals surface area contributed by atoms with E-state index in [1.165, 1.54) is 11.1 Å². The second-order valence-corrected chi connectivity index (χ2v) is 3.11. The van der Waals surface area contributed by atoms with Crippen LogP contribution >= 0.6 is 0 Å². The molecule has 1 aromatic carbocycles. The van der Waals surface area contributed by atoms with Crippen molar-refractivity contribution in [2.45, 2.75) is 26.7 Å². The van der Waals surface area contributed by atoms with E-state index in [0.717, 1.165) is 12.8 Å². The zero-order valence-electron chi connectivity index (χ0n) is 8.25. The van der Waals surface area contributed by atoms with E-state index < -0.39 is 0 Å². The van der Waals surface area contributed by atoms with Gasteiger partial charge in [-0.15, -0.1) is 0 Å². The lowest BCUT2D eigenvalue weighted by atomic mass is 10.0. The molecule has 0 fully saturated rings. The molecule has 0 aliphatic rings. The molecular formula is C12H16O. The molecule has 0 aliphatic heterocycles. The zero-order valence-corrected chi connectivity index (χ0v) is 8.25. The number of allylic oxidation sites excluding steroid dienone is 2. The Labute approximate surface area is 79.7 Å². The lowest BCUT2D eigenvalue weighted by Gasteiger charge is -2.05. The van der Waals surface area contributed by atoms with E-state index >= 15 is 0 Å². The Bertz CT molecular complexity index is 282. The number of benzene rings is 1. The van der Waals surface area contributed by atoms with Crippen molar-refractivity contribution in [2.24, 2.45) is 0 Å². The summed E-state index contributed by atoms with van der Waals surface area (Å²) in [6.07, 6.45) is 4.39. The van der Waals surface area contributed by atoms with E-state index in [9.17, 15) is 0 Å². The predicted molar refractivity (Wildman–Crippen MR) is 56.7 cm³/mol. The third-order valence-electron chi connectivity index (χ3n) is 2.11. The maximum Gasteiger partial charge on any atom is 0.115 e. The van der Waals surface area contributed by atoms with Crippen LogP contribution in [0.3, 0.4) is 0 Å². The quantitative estimate of drug-likeness (QED) is 0.746. The molecule has 1 N–H and O–H groups in total. The van der Waals surface area contributed by atoms with Crippen molar-refractivity contribution in [2.75, 3.05) is 0 Å². The lowest BCUT2D eigenvalue weighted by molar-refractivity contribution is 0.475. The normalized spacial score (nSPS) is 11.7. The molecule has 0 bridgehead atoms. The lowest BCUT2D eigenvalue weighted by Crippen LogP contribution is -1.82. The van der Waals surface area contributed by atoms with Crippen LogP contribution in [0, 0.1) is 0 Å². The van der Waals surface area contributed by atoms with Crippen molar-refractivity contribution in [3.05, 3.63) is 35.9 Å². The van der Waals surface area contributed by atoms with Crippen molar-refractivity contribution in [3.8, 4) is 5.75 Å². The summed E-state index contributed by atoms with van der Waals surface area (Å²) in [4.78, 5) is 0. The predicted octanol–water partition coefficient (Wildman–Crippen LogP) is 3.60. The molecule has 0 spiro atoms. The van der Waals surface area contributed by atoms with Gasteiger partial charge >= 0.3 is 0 Å². The monoisotopic (exact) mass is 176 g/mol. The standard InChI is InChI=1S/C12H16O/c1-3-5-10(4-2)11-6-8-12(13)9-7-11/h4,6-9,13H,3,5H2,1-2H3/b10-4+. The Balaban J connectivity index is 2.87. The molecule has 0 atom stereocenters. The highest BCUT2D eigenvalue weighted by Crippen LogP contribution is 2.21. The van der Waals surface area contributed by atoms with Crippen LogP contribution in [0.2, 0.25) is 0 Å². The van der Waals surface area contributed by atoms with Crippen LogP contribution in [0.4, 0.5) is 0 Å². The van der Waals surface area contributed by atoms with Crippen LogP contribution in [0.5, 0.6) is 5.75 Å². The smallest absolute Gasteiger partial charge is 0.115 e. The minimum Gasteiger partial charge on any atom is -0.508 e. The Morgan fingerprint density at radius 2 is 1.92 bits per heavy atom. The summed E-state index contributed by atoms with van der Waals surface area (Å²) in [6, 6.07) is 7.38. The summed E-state index contributed by atoms with van der Waals surface area (Å²) < 4.78 is 0. The molecule has 1 aromatic rings. The molecule has 0 aliphatic carbocycles. The number of rotatable bonds is 3. The van der Waals surface area contributed by atoms with Crippen LogP contribution in [-0.2, 0) is 0 Å². The molecule has 0 unspecified atom stereocenters. The molecule has 1 rings (SSSR count). The van der Waals surface area contributed by atoms with Gasteiger partial charge in [-0.3, -0.25) is 0 Å². The summed E-state index contributed by atoms with van der Waals surface area (Å²) in [5, 5.41) is 9.12. The number of hydrogen-bond donors (Lipinski definition) is 1. The van der Waals surface area contributed by atoms with Gasteiger partial charge in [-0.05, 0) is 36.6 Å². The van der Waals surface area contributed by atoms with Crippen LogP contribution < -0.4 is 0 Å². The first kappa shape index (κ1) is 9.85. The fraction of sp³-hybridized carbons (Fsp3) is 0.333. The SMILES string of the molecule is C/C=C(\CCC)c1ccc(O)cc1. The second kappa shape index (κ2) is 4.70. The molecule has 0 amide bonds. The van der Waals surface area contributed by atoms with Gasteiger partial charge in [-0.25, -0.2) is 0 Å². The van der Waals surface area contributed by atoms with E-state index in [4.69, 9.17) is 5.11 Å². The number of aromatic hydroxyl groups is 1. The van der Waals surface area contributed by atoms with Crippen molar-refractivity contribution >= 4 is 5.57 Å². The first-order valence-electron chi connectivity index (χ1n) is 4.72. The maximum atomic E-state index is 9.12. The third-order valence-corrected chi connectivity index (χ3v) is 2.11. The number of hydrogen-bond acceptors (Lipinski definition) is 1. The third kappa shape index (κ3) is 2.62. The molecular weight excluding hydrogens is 160 g/mol. The van der Waals surface area contributed by atoms with E-state index in [2.05, 4.69) is 19.9 Å². The summed E-state index contributed by atoms with van der Waals surface area (Å²) in [5.74, 6) is 0.329. The summed E-state index contributed by atoms with van der Waals surface area (Å²) in [6.45, 7) is 4.22. The Hall–Kier alpha value is -1.24. The highest BCUT2D eigenvalue weighted by atomic mass is 16.3. The number of phenols is 1. The summed E-state index contributed by atoms with van der Waals surface area (Å²) >= 11 is 0. The maximum absolute atomic E-state index is 9.12. The molecule has 0 saturated carbocycles. The fourth-order valence-electron chi connectivity index (χ4n) is 1.40. The first-order chi connectivity index (χ1) is 6.27. The van der Waals surface area contributed by atoms with E-state index in [1.54, 1.807) is 12.1 Å². The summed E-state index contributed by atoms with van der Waals surface area (Å²) in [5.41, 5.74) is 2.56. The second-order valence-electron chi connectivity index (χ2n) is 3.11. The average molecular weight is 176 g/mol. The Kier molecular flexibility index (Phi) is 3.56. The van der Waals surface area contributed by atoms with Crippen LogP contribution in [0.1, 0.15) is 32.3 Å². The van der Waals surface area contributed by atoms with Crippen molar-refractivity contribution in [3.63, 3.8) is 0 Å². The van der Waals surface area contributed by atoms with Crippen LogP contribution in [-0.4, -0.2) is 5.11 Å². The molecule has 0 radical (unpaired) electrons. The van der Waals surface area contributed by atoms with E-state index in [-0.39, 0.29) is 0 Å². The van der Waals surface area contributed by atoms with E-state index in [0.29, 0.717) is 5.75 Å². The highest BCUT2D eigenvalue weighted by molar-refractivity contribution is 5.65. The first-order valence-corrected chi connectivity index (χ1v) is 4.72. The molecule has 0 saturated heterocycles. The minimum atomic E-state index is 0.329. The highest BCUT2D eigenvalue weighted by Gasteiger charge is 1.98. The number of phenolic OH excluding ortho intramolecular Hbond substituents is 1.